The molecule has 0 unspecified atom stereocenters. The quantitative estimate of drug-likeness (QED) is 0.712. The number of rotatable bonds is 8. The molecule has 130 valence electrons. The summed E-state index contributed by atoms with van der Waals surface area (Å²) < 4.78 is 5.33. The Hall–Kier alpha value is -1.73. The van der Waals surface area contributed by atoms with Gasteiger partial charge in [-0.3, -0.25) is 9.80 Å². The zero-order valence-corrected chi connectivity index (χ0v) is 14.0. The second-order valence-electron chi connectivity index (χ2n) is 6.08. The van der Waals surface area contributed by atoms with Crippen LogP contribution in [0.2, 0.25) is 0 Å². The zero-order chi connectivity index (χ0) is 16.6. The van der Waals surface area contributed by atoms with Crippen molar-refractivity contribution in [3.8, 4) is 11.4 Å². The lowest BCUT2D eigenvalue weighted by Gasteiger charge is -2.34. The summed E-state index contributed by atoms with van der Waals surface area (Å²) in [4.78, 5) is 12.8. The van der Waals surface area contributed by atoms with Gasteiger partial charge in [0.1, 0.15) is 5.82 Å². The number of nitrogens with one attached hydrogen (secondary N) is 1. The van der Waals surface area contributed by atoms with Crippen molar-refractivity contribution in [3.63, 3.8) is 0 Å². The van der Waals surface area contributed by atoms with E-state index in [0.29, 0.717) is 13.2 Å². The van der Waals surface area contributed by atoms with Crippen molar-refractivity contribution in [3.05, 3.63) is 42.2 Å². The second-order valence-corrected chi connectivity index (χ2v) is 6.08. The number of aromatic nitrogens is 2. The number of ether oxygens (including phenoxy) is 1. The molecule has 1 fully saturated rings. The van der Waals surface area contributed by atoms with Crippen LogP contribution in [0.25, 0.3) is 11.4 Å². The number of nitrogens with zero attached hydrogens (tertiary/aromatic N) is 3. The highest BCUT2D eigenvalue weighted by Crippen LogP contribution is 2.16. The summed E-state index contributed by atoms with van der Waals surface area (Å²) in [6.07, 6.45) is 1.94. The summed E-state index contributed by atoms with van der Waals surface area (Å²) in [6.45, 7) is 7.31. The normalized spacial score (nSPS) is 16.5. The summed E-state index contributed by atoms with van der Waals surface area (Å²) >= 11 is 0. The van der Waals surface area contributed by atoms with E-state index in [-0.39, 0.29) is 6.61 Å². The standard InChI is InChI=1S/C18H26N4O2/c23-11-13-24-12-10-21-6-8-22(9-7-21)15-17-14-19-18(20-17)16-4-2-1-3-5-16/h1-5,14,23H,6-13,15H2,(H,19,20). The minimum atomic E-state index is 0.100. The third-order valence-electron chi connectivity index (χ3n) is 4.32. The molecular formula is C18H26N4O2. The Labute approximate surface area is 143 Å². The van der Waals surface area contributed by atoms with Crippen molar-refractivity contribution in [2.24, 2.45) is 0 Å². The van der Waals surface area contributed by atoms with E-state index in [9.17, 15) is 0 Å². The van der Waals surface area contributed by atoms with Gasteiger partial charge in [0.2, 0.25) is 0 Å². The molecule has 0 aliphatic carbocycles. The lowest BCUT2D eigenvalue weighted by atomic mass is 10.2. The van der Waals surface area contributed by atoms with Crippen molar-refractivity contribution >= 4 is 0 Å². The maximum Gasteiger partial charge on any atom is 0.137 e. The topological polar surface area (TPSA) is 64.6 Å². The molecule has 6 nitrogen and oxygen atoms in total. The van der Waals surface area contributed by atoms with Gasteiger partial charge in [-0.1, -0.05) is 30.3 Å². The summed E-state index contributed by atoms with van der Waals surface area (Å²) in [6, 6.07) is 10.2. The molecule has 2 N–H and O–H groups in total. The van der Waals surface area contributed by atoms with E-state index < -0.39 is 0 Å². The molecule has 0 spiro atoms. The number of aliphatic hydroxyl groups excluding tert-OH is 1. The molecule has 1 saturated heterocycles. The number of hydrogen-bond acceptors (Lipinski definition) is 5. The first kappa shape index (κ1) is 17.1. The first-order chi connectivity index (χ1) is 11.8. The van der Waals surface area contributed by atoms with Crippen molar-refractivity contribution in [2.45, 2.75) is 6.54 Å². The number of aliphatic hydroxyl groups is 1. The van der Waals surface area contributed by atoms with E-state index in [1.807, 2.05) is 24.4 Å². The van der Waals surface area contributed by atoms with E-state index in [2.05, 4.69) is 31.9 Å². The van der Waals surface area contributed by atoms with Gasteiger partial charge in [-0.25, -0.2) is 4.98 Å². The molecule has 0 saturated carbocycles. The smallest absolute Gasteiger partial charge is 0.137 e. The number of benzene rings is 1. The first-order valence-corrected chi connectivity index (χ1v) is 8.58. The molecule has 0 radical (unpaired) electrons. The molecule has 2 heterocycles. The Bertz CT molecular complexity index is 594. The molecule has 0 atom stereocenters. The van der Waals surface area contributed by atoms with Crippen LogP contribution in [0, 0.1) is 0 Å². The molecule has 24 heavy (non-hydrogen) atoms. The summed E-state index contributed by atoms with van der Waals surface area (Å²) in [5.74, 6) is 0.935. The lowest BCUT2D eigenvalue weighted by Crippen LogP contribution is -2.46. The summed E-state index contributed by atoms with van der Waals surface area (Å²) in [5, 5.41) is 8.70. The third-order valence-corrected chi connectivity index (χ3v) is 4.32. The number of H-pyrrole nitrogens is 1. The van der Waals surface area contributed by atoms with Crippen molar-refractivity contribution in [1.29, 1.82) is 0 Å². The SMILES string of the molecule is OCCOCCN1CCN(Cc2cnc(-c3ccccc3)[nH]2)CC1. The molecule has 2 aromatic rings. The monoisotopic (exact) mass is 330 g/mol. The predicted octanol–water partition coefficient (Wildman–Crippen LogP) is 1.20. The van der Waals surface area contributed by atoms with Crippen LogP contribution in [0.5, 0.6) is 0 Å². The van der Waals surface area contributed by atoms with Crippen LogP contribution in [-0.4, -0.2) is 77.4 Å². The molecule has 1 aromatic carbocycles. The highest BCUT2D eigenvalue weighted by Gasteiger charge is 2.17. The van der Waals surface area contributed by atoms with E-state index in [0.717, 1.165) is 56.4 Å². The van der Waals surface area contributed by atoms with Gasteiger partial charge in [0.15, 0.2) is 0 Å². The van der Waals surface area contributed by atoms with Crippen molar-refractivity contribution in [1.82, 2.24) is 19.8 Å². The van der Waals surface area contributed by atoms with Crippen LogP contribution in [0.15, 0.2) is 36.5 Å². The fraction of sp³-hybridized carbons (Fsp3) is 0.500. The van der Waals surface area contributed by atoms with Crippen molar-refractivity contribution in [2.75, 3.05) is 52.5 Å². The highest BCUT2D eigenvalue weighted by atomic mass is 16.5. The Kier molecular flexibility index (Phi) is 6.37. The molecular weight excluding hydrogens is 304 g/mol. The van der Waals surface area contributed by atoms with Crippen LogP contribution in [-0.2, 0) is 11.3 Å². The summed E-state index contributed by atoms with van der Waals surface area (Å²) in [7, 11) is 0. The van der Waals surface area contributed by atoms with Gasteiger partial charge in [-0.15, -0.1) is 0 Å². The van der Waals surface area contributed by atoms with Crippen LogP contribution >= 0.6 is 0 Å². The van der Waals surface area contributed by atoms with Gasteiger partial charge in [0.05, 0.1) is 19.8 Å². The lowest BCUT2D eigenvalue weighted by molar-refractivity contribution is 0.0562. The number of hydrogen-bond donors (Lipinski definition) is 2. The molecule has 1 aliphatic rings. The van der Waals surface area contributed by atoms with Gasteiger partial charge in [-0.2, -0.15) is 0 Å². The van der Waals surface area contributed by atoms with Crippen molar-refractivity contribution < 1.29 is 9.84 Å². The predicted molar refractivity (Wildman–Crippen MR) is 93.6 cm³/mol. The van der Waals surface area contributed by atoms with Gasteiger partial charge in [-0.05, 0) is 0 Å². The maximum absolute atomic E-state index is 8.70. The third kappa shape index (κ3) is 4.88. The fourth-order valence-corrected chi connectivity index (χ4v) is 2.95. The Morgan fingerprint density at radius 2 is 1.79 bits per heavy atom. The zero-order valence-electron chi connectivity index (χ0n) is 14.0. The number of aromatic amines is 1. The molecule has 6 heteroatoms. The first-order valence-electron chi connectivity index (χ1n) is 8.58. The molecule has 1 aliphatic heterocycles. The maximum atomic E-state index is 8.70. The Balaban J connectivity index is 1.43. The molecule has 3 rings (SSSR count). The minimum absolute atomic E-state index is 0.100. The van der Waals surface area contributed by atoms with E-state index in [1.165, 1.54) is 0 Å². The highest BCUT2D eigenvalue weighted by molar-refractivity contribution is 5.54. The largest absolute Gasteiger partial charge is 0.394 e. The van der Waals surface area contributed by atoms with E-state index in [4.69, 9.17) is 9.84 Å². The average Bonchev–Trinajstić information content (AvgIpc) is 3.09. The van der Waals surface area contributed by atoms with Crippen LogP contribution in [0.1, 0.15) is 5.69 Å². The van der Waals surface area contributed by atoms with Crippen LogP contribution in [0.4, 0.5) is 0 Å². The summed E-state index contributed by atoms with van der Waals surface area (Å²) in [5.41, 5.74) is 2.28. The second kappa shape index (κ2) is 8.94. The van der Waals surface area contributed by atoms with Gasteiger partial charge >= 0.3 is 0 Å². The Morgan fingerprint density at radius 1 is 1.04 bits per heavy atom. The Morgan fingerprint density at radius 3 is 2.54 bits per heavy atom. The molecule has 1 aromatic heterocycles. The minimum Gasteiger partial charge on any atom is -0.394 e. The van der Waals surface area contributed by atoms with Gasteiger partial charge in [0.25, 0.3) is 0 Å². The molecule has 0 amide bonds. The van der Waals surface area contributed by atoms with E-state index in [1.54, 1.807) is 0 Å². The van der Waals surface area contributed by atoms with Crippen LogP contribution in [0.3, 0.4) is 0 Å². The van der Waals surface area contributed by atoms with Crippen LogP contribution < -0.4 is 0 Å². The number of piperazine rings is 1. The van der Waals surface area contributed by atoms with Gasteiger partial charge in [0, 0.05) is 56.7 Å². The number of imidazole rings is 1. The fourth-order valence-electron chi connectivity index (χ4n) is 2.95. The van der Waals surface area contributed by atoms with E-state index >= 15 is 0 Å². The molecule has 0 bridgehead atoms. The van der Waals surface area contributed by atoms with Gasteiger partial charge < -0.3 is 14.8 Å². The average molecular weight is 330 g/mol.